The highest BCUT2D eigenvalue weighted by molar-refractivity contribution is 6.77. The molecule has 0 aromatic rings. The Balaban J connectivity index is 3.98. The van der Waals surface area contributed by atoms with Gasteiger partial charge in [-0.3, -0.25) is 0 Å². The Bertz CT molecular complexity index is 161. The van der Waals surface area contributed by atoms with Gasteiger partial charge in [0.05, 0.1) is 8.07 Å². The van der Waals surface area contributed by atoms with Gasteiger partial charge in [-0.25, -0.2) is 0 Å². The largest absolute Gasteiger partial charge is 0.398 e. The zero-order chi connectivity index (χ0) is 11.2. The van der Waals surface area contributed by atoms with E-state index < -0.39 is 16.6 Å². The minimum absolute atomic E-state index is 0.724. The van der Waals surface area contributed by atoms with E-state index >= 15 is 0 Å². The average Bonchev–Trinajstić information content (AvgIpc) is 2.10. The Labute approximate surface area is 90.2 Å². The summed E-state index contributed by atoms with van der Waals surface area (Å²) in [7, 11) is -1.26. The van der Waals surface area contributed by atoms with Gasteiger partial charge in [0.15, 0.2) is 0 Å². The standard InChI is InChI=1S/C9H25NO2Si2/c1-11-14(5,8-6-7-10)12-9-13(2,3)4/h6-10H2,1-5H3. The Kier molecular flexibility index (Phi) is 6.15. The van der Waals surface area contributed by atoms with Crippen molar-refractivity contribution < 1.29 is 8.85 Å². The Hall–Kier alpha value is 0.314. The van der Waals surface area contributed by atoms with Crippen molar-refractivity contribution in [1.29, 1.82) is 0 Å². The van der Waals surface area contributed by atoms with Gasteiger partial charge in [0.2, 0.25) is 0 Å². The highest BCUT2D eigenvalue weighted by atomic mass is 28.4. The molecule has 0 aromatic heterocycles. The summed E-state index contributed by atoms with van der Waals surface area (Å²) in [5.74, 6) is 0. The first-order valence-corrected chi connectivity index (χ1v) is 11.5. The number of nitrogens with two attached hydrogens (primary N) is 1. The van der Waals surface area contributed by atoms with Gasteiger partial charge in [-0.15, -0.1) is 0 Å². The van der Waals surface area contributed by atoms with Crippen LogP contribution >= 0.6 is 0 Å². The second kappa shape index (κ2) is 6.02. The molecule has 0 aromatic carbocycles. The molecule has 0 aliphatic carbocycles. The topological polar surface area (TPSA) is 44.5 Å². The van der Waals surface area contributed by atoms with Crippen LogP contribution in [-0.2, 0) is 8.85 Å². The minimum Gasteiger partial charge on any atom is -0.398 e. The molecule has 0 aliphatic rings. The third-order valence-corrected chi connectivity index (χ3v) is 6.26. The Morgan fingerprint density at radius 3 is 2.07 bits per heavy atom. The third-order valence-electron chi connectivity index (χ3n) is 2.08. The van der Waals surface area contributed by atoms with Crippen molar-refractivity contribution in [2.45, 2.75) is 38.7 Å². The summed E-state index contributed by atoms with van der Waals surface area (Å²) >= 11 is 0. The van der Waals surface area contributed by atoms with E-state index in [1.165, 1.54) is 0 Å². The number of rotatable bonds is 7. The van der Waals surface area contributed by atoms with Gasteiger partial charge in [-0.05, 0) is 25.6 Å². The van der Waals surface area contributed by atoms with E-state index in [4.69, 9.17) is 14.6 Å². The third kappa shape index (κ3) is 6.72. The predicted octanol–water partition coefficient (Wildman–Crippen LogP) is 1.95. The quantitative estimate of drug-likeness (QED) is 0.686. The number of hydrogen-bond donors (Lipinski definition) is 1. The minimum atomic E-state index is -1.90. The second-order valence-electron chi connectivity index (χ2n) is 5.08. The molecule has 0 heterocycles. The lowest BCUT2D eigenvalue weighted by molar-refractivity contribution is 0.232. The lowest BCUT2D eigenvalue weighted by Gasteiger charge is -2.28. The Morgan fingerprint density at radius 2 is 1.71 bits per heavy atom. The van der Waals surface area contributed by atoms with Gasteiger partial charge in [-0.1, -0.05) is 19.6 Å². The van der Waals surface area contributed by atoms with Crippen LogP contribution in [0.2, 0.25) is 32.2 Å². The van der Waals surface area contributed by atoms with Crippen LogP contribution < -0.4 is 5.73 Å². The van der Waals surface area contributed by atoms with Gasteiger partial charge < -0.3 is 14.6 Å². The highest BCUT2D eigenvalue weighted by Gasteiger charge is 2.31. The summed E-state index contributed by atoms with van der Waals surface area (Å²) in [6.45, 7) is 9.77. The molecule has 0 amide bonds. The summed E-state index contributed by atoms with van der Waals surface area (Å²) in [5.41, 5.74) is 5.49. The first kappa shape index (κ1) is 14.3. The van der Waals surface area contributed by atoms with Crippen molar-refractivity contribution in [2.24, 2.45) is 5.73 Å². The predicted molar refractivity (Wildman–Crippen MR) is 66.4 cm³/mol. The van der Waals surface area contributed by atoms with E-state index in [1.54, 1.807) is 7.11 Å². The Morgan fingerprint density at radius 1 is 1.14 bits per heavy atom. The van der Waals surface area contributed by atoms with Crippen LogP contribution in [0, 0.1) is 0 Å². The van der Waals surface area contributed by atoms with Gasteiger partial charge in [-0.2, -0.15) is 0 Å². The lowest BCUT2D eigenvalue weighted by atomic mass is 10.5. The highest BCUT2D eigenvalue weighted by Crippen LogP contribution is 2.16. The van der Waals surface area contributed by atoms with E-state index in [-0.39, 0.29) is 0 Å². The molecule has 0 radical (unpaired) electrons. The molecular formula is C9H25NO2Si2. The molecule has 5 heteroatoms. The maximum Gasteiger partial charge on any atom is 0.334 e. The summed E-state index contributed by atoms with van der Waals surface area (Å²) in [6, 6.07) is 1.00. The lowest BCUT2D eigenvalue weighted by Crippen LogP contribution is -2.43. The second-order valence-corrected chi connectivity index (χ2v) is 14.0. The number of hydrogen-bond acceptors (Lipinski definition) is 3. The normalized spacial score (nSPS) is 16.7. The fourth-order valence-corrected chi connectivity index (χ4v) is 5.29. The zero-order valence-corrected chi connectivity index (χ0v) is 12.2. The first-order chi connectivity index (χ1) is 6.33. The van der Waals surface area contributed by atoms with Crippen molar-refractivity contribution in [3.63, 3.8) is 0 Å². The summed E-state index contributed by atoms with van der Waals surface area (Å²) in [5, 5.41) is 0. The molecule has 0 saturated carbocycles. The first-order valence-electron chi connectivity index (χ1n) is 5.22. The van der Waals surface area contributed by atoms with E-state index in [9.17, 15) is 0 Å². The van der Waals surface area contributed by atoms with Crippen LogP contribution in [0.3, 0.4) is 0 Å². The van der Waals surface area contributed by atoms with E-state index in [0.29, 0.717) is 0 Å². The van der Waals surface area contributed by atoms with Crippen LogP contribution in [-0.4, -0.2) is 36.5 Å². The molecule has 14 heavy (non-hydrogen) atoms. The maximum absolute atomic E-state index is 5.97. The molecule has 0 rings (SSSR count). The molecule has 0 saturated heterocycles. The smallest absolute Gasteiger partial charge is 0.334 e. The average molecular weight is 235 g/mol. The van der Waals surface area contributed by atoms with Gasteiger partial charge >= 0.3 is 8.56 Å². The van der Waals surface area contributed by atoms with Gasteiger partial charge in [0.25, 0.3) is 0 Å². The molecule has 86 valence electrons. The van der Waals surface area contributed by atoms with Crippen molar-refractivity contribution in [1.82, 2.24) is 0 Å². The van der Waals surface area contributed by atoms with Crippen molar-refractivity contribution >= 4 is 16.6 Å². The maximum atomic E-state index is 5.97. The van der Waals surface area contributed by atoms with Gasteiger partial charge in [0.1, 0.15) is 0 Å². The molecule has 0 aliphatic heterocycles. The molecular weight excluding hydrogens is 210 g/mol. The van der Waals surface area contributed by atoms with E-state index in [0.717, 1.165) is 25.2 Å². The van der Waals surface area contributed by atoms with E-state index in [2.05, 4.69) is 26.2 Å². The fraction of sp³-hybridized carbons (Fsp3) is 1.00. The van der Waals surface area contributed by atoms with Crippen LogP contribution in [0.25, 0.3) is 0 Å². The molecule has 0 spiro atoms. The van der Waals surface area contributed by atoms with E-state index in [1.807, 2.05) is 0 Å². The SMILES string of the molecule is CO[Si](C)(CCCN)OC[Si](C)(C)C. The molecule has 2 N–H and O–H groups in total. The summed E-state index contributed by atoms with van der Waals surface area (Å²) in [4.78, 5) is 0. The summed E-state index contributed by atoms with van der Waals surface area (Å²) in [6.07, 6.45) is 1.90. The van der Waals surface area contributed by atoms with Gasteiger partial charge in [0, 0.05) is 13.3 Å². The molecule has 1 unspecified atom stereocenters. The summed E-state index contributed by atoms with van der Waals surface area (Å²) < 4.78 is 11.5. The van der Waals surface area contributed by atoms with Crippen molar-refractivity contribution in [3.8, 4) is 0 Å². The van der Waals surface area contributed by atoms with Crippen LogP contribution in [0.15, 0.2) is 0 Å². The molecule has 3 nitrogen and oxygen atoms in total. The zero-order valence-electron chi connectivity index (χ0n) is 10.2. The fourth-order valence-electron chi connectivity index (χ4n) is 1.03. The molecule has 1 atom stereocenters. The van der Waals surface area contributed by atoms with Crippen LogP contribution in [0.1, 0.15) is 6.42 Å². The van der Waals surface area contributed by atoms with Crippen LogP contribution in [0.4, 0.5) is 0 Å². The monoisotopic (exact) mass is 235 g/mol. The van der Waals surface area contributed by atoms with Crippen LogP contribution in [0.5, 0.6) is 0 Å². The van der Waals surface area contributed by atoms with Crippen molar-refractivity contribution in [2.75, 3.05) is 19.9 Å². The van der Waals surface area contributed by atoms with Crippen molar-refractivity contribution in [3.05, 3.63) is 0 Å². The molecule has 0 bridgehead atoms. The molecule has 0 fully saturated rings.